The summed E-state index contributed by atoms with van der Waals surface area (Å²) in [7, 11) is -3.28. The Kier molecular flexibility index (Phi) is 5.56. The third-order valence-electron chi connectivity index (χ3n) is 3.11. The van der Waals surface area contributed by atoms with Gasteiger partial charge in [0.2, 0.25) is 0 Å². The van der Waals surface area contributed by atoms with Gasteiger partial charge in [0.25, 0.3) is 5.91 Å². The summed E-state index contributed by atoms with van der Waals surface area (Å²) in [6.45, 7) is 2.47. The van der Waals surface area contributed by atoms with Crippen LogP contribution in [-0.4, -0.2) is 59.6 Å². The summed E-state index contributed by atoms with van der Waals surface area (Å²) < 4.78 is 23.8. The van der Waals surface area contributed by atoms with Crippen LogP contribution in [0.5, 0.6) is 0 Å². The molecule has 1 aliphatic heterocycles. The quantitative estimate of drug-likeness (QED) is 0.774. The highest BCUT2D eigenvalue weighted by Crippen LogP contribution is 2.23. The minimum Gasteiger partial charge on any atom is -0.320 e. The number of hydrogen-bond donors (Lipinski definition) is 0. The molecule has 0 N–H and O–H groups in total. The fraction of sp³-hybridized carbons (Fsp3) is 0.538. The highest BCUT2D eigenvalue weighted by atomic mass is 32.2. The van der Waals surface area contributed by atoms with Crippen LogP contribution in [-0.2, 0) is 9.84 Å². The van der Waals surface area contributed by atoms with E-state index in [2.05, 4.69) is 4.98 Å². The number of pyridine rings is 1. The Morgan fingerprint density at radius 3 is 3.00 bits per heavy atom. The first kappa shape index (κ1) is 16.6. The van der Waals surface area contributed by atoms with Crippen LogP contribution in [0.15, 0.2) is 23.4 Å². The third-order valence-corrected chi connectivity index (χ3v) is 6.56. The monoisotopic (exact) mass is 346 g/mol. The van der Waals surface area contributed by atoms with Crippen molar-refractivity contribution in [2.75, 3.05) is 30.1 Å². The maximum Gasteiger partial charge on any atom is 0.255 e. The summed E-state index contributed by atoms with van der Waals surface area (Å²) in [5, 5.41) is 0.0461. The van der Waals surface area contributed by atoms with E-state index < -0.39 is 15.2 Å². The zero-order valence-corrected chi connectivity index (χ0v) is 14.4. The number of nitrogens with zero attached hydrogens (tertiary/aromatic N) is 2. The highest BCUT2D eigenvalue weighted by Gasteiger charge is 2.34. The van der Waals surface area contributed by atoms with E-state index in [-0.39, 0.29) is 5.91 Å². The Morgan fingerprint density at radius 2 is 2.33 bits per heavy atom. The number of carbonyl (C=O) groups is 1. The van der Waals surface area contributed by atoms with Crippen LogP contribution in [0, 0.1) is 0 Å². The number of amides is 1. The average molecular weight is 346 g/mol. The Labute approximate surface area is 133 Å². The van der Waals surface area contributed by atoms with Crippen LogP contribution in [0.4, 0.5) is 0 Å². The summed E-state index contributed by atoms with van der Waals surface area (Å²) >= 11 is 3.12. The summed E-state index contributed by atoms with van der Waals surface area (Å²) in [5.74, 6) is 1.84. The third kappa shape index (κ3) is 4.14. The summed E-state index contributed by atoms with van der Waals surface area (Å²) in [4.78, 5) is 18.3. The van der Waals surface area contributed by atoms with Crippen molar-refractivity contribution >= 4 is 39.3 Å². The topological polar surface area (TPSA) is 67.3 Å². The fourth-order valence-electron chi connectivity index (χ4n) is 2.10. The van der Waals surface area contributed by atoms with Crippen molar-refractivity contribution in [1.82, 2.24) is 9.88 Å². The van der Waals surface area contributed by atoms with Gasteiger partial charge < -0.3 is 4.90 Å². The Bertz CT molecular complexity index is 619. The minimum atomic E-state index is -3.28. The summed E-state index contributed by atoms with van der Waals surface area (Å²) in [6, 6.07) is 3.38. The molecule has 0 bridgehead atoms. The molecule has 8 heteroatoms. The molecule has 0 saturated carbocycles. The second-order valence-electron chi connectivity index (χ2n) is 4.67. The molecule has 1 atom stereocenters. The van der Waals surface area contributed by atoms with Gasteiger partial charge in [-0.1, -0.05) is 6.92 Å². The molecule has 21 heavy (non-hydrogen) atoms. The second kappa shape index (κ2) is 7.02. The van der Waals surface area contributed by atoms with Crippen molar-refractivity contribution < 1.29 is 13.2 Å². The lowest BCUT2D eigenvalue weighted by Gasteiger charge is -2.34. The van der Waals surface area contributed by atoms with Gasteiger partial charge in [-0.2, -0.15) is 11.8 Å². The van der Waals surface area contributed by atoms with Gasteiger partial charge in [0.15, 0.2) is 9.84 Å². The number of hydrogen-bond acceptors (Lipinski definition) is 6. The minimum absolute atomic E-state index is 0.230. The van der Waals surface area contributed by atoms with Gasteiger partial charge >= 0.3 is 0 Å². The molecule has 2 heterocycles. The first-order chi connectivity index (χ1) is 9.93. The van der Waals surface area contributed by atoms with Crippen molar-refractivity contribution in [1.29, 1.82) is 0 Å². The lowest BCUT2D eigenvalue weighted by atomic mass is 10.2. The Balaban J connectivity index is 2.27. The zero-order valence-electron chi connectivity index (χ0n) is 12.0. The number of thioether (sulfide) groups is 2. The van der Waals surface area contributed by atoms with E-state index in [1.807, 2.05) is 6.92 Å². The van der Waals surface area contributed by atoms with Crippen LogP contribution in [0.1, 0.15) is 17.3 Å². The van der Waals surface area contributed by atoms with Gasteiger partial charge in [-0.05, 0) is 17.9 Å². The molecule has 1 unspecified atom stereocenters. The number of aromatic nitrogens is 1. The van der Waals surface area contributed by atoms with Crippen molar-refractivity contribution in [3.8, 4) is 0 Å². The Morgan fingerprint density at radius 1 is 1.57 bits per heavy atom. The average Bonchev–Trinajstić information content (AvgIpc) is 2.46. The zero-order chi connectivity index (χ0) is 15.5. The van der Waals surface area contributed by atoms with E-state index in [9.17, 15) is 13.2 Å². The van der Waals surface area contributed by atoms with E-state index >= 15 is 0 Å². The molecule has 1 aromatic heterocycles. The van der Waals surface area contributed by atoms with Crippen LogP contribution < -0.4 is 0 Å². The number of carbonyl (C=O) groups excluding carboxylic acids is 1. The first-order valence-electron chi connectivity index (χ1n) is 6.60. The van der Waals surface area contributed by atoms with E-state index in [0.29, 0.717) is 17.9 Å². The molecule has 0 spiro atoms. The van der Waals surface area contributed by atoms with Gasteiger partial charge in [-0.3, -0.25) is 4.79 Å². The van der Waals surface area contributed by atoms with Crippen molar-refractivity contribution in [2.45, 2.75) is 17.3 Å². The molecule has 116 valence electrons. The summed E-state index contributed by atoms with van der Waals surface area (Å²) in [5.41, 5.74) is 0.501. The van der Waals surface area contributed by atoms with Gasteiger partial charge in [-0.25, -0.2) is 13.4 Å². The van der Waals surface area contributed by atoms with Crippen molar-refractivity contribution in [3.05, 3.63) is 23.9 Å². The van der Waals surface area contributed by atoms with E-state index in [4.69, 9.17) is 0 Å². The lowest BCUT2D eigenvalue weighted by molar-refractivity contribution is 0.0749. The molecular weight excluding hydrogens is 328 g/mol. The van der Waals surface area contributed by atoms with Gasteiger partial charge in [0.1, 0.15) is 5.37 Å². The van der Waals surface area contributed by atoms with Crippen molar-refractivity contribution in [2.24, 2.45) is 0 Å². The van der Waals surface area contributed by atoms with Gasteiger partial charge in [-0.15, -0.1) is 11.8 Å². The predicted octanol–water partition coefficient (Wildman–Crippen LogP) is 1.75. The van der Waals surface area contributed by atoms with Gasteiger partial charge in [0, 0.05) is 36.1 Å². The molecule has 0 aliphatic carbocycles. The largest absolute Gasteiger partial charge is 0.320 e. The maximum absolute atomic E-state index is 12.6. The van der Waals surface area contributed by atoms with E-state index in [0.717, 1.165) is 16.5 Å². The molecule has 1 saturated heterocycles. The molecule has 0 aromatic carbocycles. The SMILES string of the molecule is CCSc1cc(C(=O)N2CCSCC2S(C)(=O)=O)ccn1. The van der Waals surface area contributed by atoms with Crippen LogP contribution in [0.3, 0.4) is 0 Å². The van der Waals surface area contributed by atoms with E-state index in [1.165, 1.54) is 11.2 Å². The van der Waals surface area contributed by atoms with Crippen LogP contribution in [0.25, 0.3) is 0 Å². The lowest BCUT2D eigenvalue weighted by Crippen LogP contribution is -2.49. The summed E-state index contributed by atoms with van der Waals surface area (Å²) in [6.07, 6.45) is 2.79. The first-order valence-corrected chi connectivity index (χ1v) is 10.7. The van der Waals surface area contributed by atoms with Crippen LogP contribution >= 0.6 is 23.5 Å². The normalized spacial score (nSPS) is 19.5. The molecule has 1 fully saturated rings. The standard InChI is InChI=1S/C13H18N2O3S3/c1-3-20-11-8-10(4-5-14-11)13(16)15-6-7-19-9-12(15)21(2,17)18/h4-5,8,12H,3,6-7,9H2,1-2H3. The smallest absolute Gasteiger partial charge is 0.255 e. The maximum atomic E-state index is 12.6. The van der Waals surface area contributed by atoms with E-state index in [1.54, 1.807) is 41.9 Å². The molecule has 2 rings (SSSR count). The van der Waals surface area contributed by atoms with Gasteiger partial charge in [0.05, 0.1) is 5.03 Å². The second-order valence-corrected chi connectivity index (χ2v) is 9.31. The molecule has 5 nitrogen and oxygen atoms in total. The Hall–Kier alpha value is -0.730. The number of sulfone groups is 1. The predicted molar refractivity (Wildman–Crippen MR) is 87.6 cm³/mol. The molecule has 0 radical (unpaired) electrons. The highest BCUT2D eigenvalue weighted by molar-refractivity contribution is 8.01. The van der Waals surface area contributed by atoms with Crippen LogP contribution in [0.2, 0.25) is 0 Å². The van der Waals surface area contributed by atoms with Crippen molar-refractivity contribution in [3.63, 3.8) is 0 Å². The molecular formula is C13H18N2O3S3. The molecule has 1 aliphatic rings. The molecule has 1 amide bonds. The number of rotatable bonds is 4. The molecule has 1 aromatic rings. The fourth-order valence-corrected chi connectivity index (χ4v) is 5.56.